The van der Waals surface area contributed by atoms with Crippen LogP contribution in [0.2, 0.25) is 0 Å². The molecule has 0 fully saturated rings. The van der Waals surface area contributed by atoms with Crippen LogP contribution in [0, 0.1) is 5.92 Å². The summed E-state index contributed by atoms with van der Waals surface area (Å²) in [6.07, 6.45) is 50.1. The van der Waals surface area contributed by atoms with Crippen LogP contribution in [0.5, 0.6) is 0 Å². The van der Waals surface area contributed by atoms with E-state index < -0.39 is 13.9 Å². The van der Waals surface area contributed by atoms with E-state index in [1.54, 1.807) is 7.05 Å². The molecule has 366 valence electrons. The van der Waals surface area contributed by atoms with Gasteiger partial charge in [0, 0.05) is 13.2 Å². The Morgan fingerprint density at radius 2 is 0.787 bits per heavy atom. The number of hydrogen-bond donors (Lipinski definition) is 1. The van der Waals surface area contributed by atoms with Crippen LogP contribution in [-0.2, 0) is 27.9 Å². The van der Waals surface area contributed by atoms with Crippen molar-refractivity contribution in [1.29, 1.82) is 0 Å². The smallest absolute Gasteiger partial charge is 0.309 e. The van der Waals surface area contributed by atoms with E-state index in [4.69, 9.17) is 18.5 Å². The second-order valence-electron chi connectivity index (χ2n) is 18.5. The normalized spacial score (nSPS) is 13.3. The molecule has 0 heterocycles. The van der Waals surface area contributed by atoms with Gasteiger partial charge in [-0.25, -0.2) is 0 Å². The molecule has 0 saturated carbocycles. The Morgan fingerprint density at radius 3 is 1.13 bits per heavy atom. The van der Waals surface area contributed by atoms with Gasteiger partial charge in [0.15, 0.2) is 0 Å². The Hall–Kier alpha value is -0.500. The van der Waals surface area contributed by atoms with Crippen molar-refractivity contribution in [3.05, 3.63) is 0 Å². The number of hydrogen-bond acceptors (Lipinski definition) is 8. The summed E-state index contributed by atoms with van der Waals surface area (Å²) in [5.41, 5.74) is 0. The van der Waals surface area contributed by atoms with Crippen LogP contribution in [0.1, 0.15) is 278 Å². The van der Waals surface area contributed by atoms with Crippen molar-refractivity contribution in [2.24, 2.45) is 5.92 Å². The molecule has 1 unspecified atom stereocenters. The lowest BCUT2D eigenvalue weighted by atomic mass is 9.94. The number of likely N-dealkylation sites (N-methyl/N-ethyl adjacent to an activating group) is 1. The Balaban J connectivity index is 4.88. The molecule has 8 nitrogen and oxygen atoms in total. The van der Waals surface area contributed by atoms with Crippen LogP contribution in [0.25, 0.3) is 0 Å². The second-order valence-corrected chi connectivity index (χ2v) is 19.9. The molecule has 0 aromatic rings. The van der Waals surface area contributed by atoms with Crippen molar-refractivity contribution in [1.82, 2.24) is 5.32 Å². The number of rotatable bonds is 52. The first kappa shape index (κ1) is 60.5. The van der Waals surface area contributed by atoms with Gasteiger partial charge in [0.1, 0.15) is 12.7 Å². The largest absolute Gasteiger partial charge is 0.756 e. The Labute approximate surface area is 380 Å². The molecule has 0 amide bonds. The highest BCUT2D eigenvalue weighted by Crippen LogP contribution is 2.38. The van der Waals surface area contributed by atoms with E-state index >= 15 is 0 Å². The highest BCUT2D eigenvalue weighted by atomic mass is 31.2. The lowest BCUT2D eigenvalue weighted by Crippen LogP contribution is -2.30. The number of unbranched alkanes of at least 4 members (excludes halogenated alkanes) is 35. The molecule has 0 aliphatic rings. The maximum absolute atomic E-state index is 13.6. The van der Waals surface area contributed by atoms with E-state index in [0.717, 1.165) is 51.4 Å². The van der Waals surface area contributed by atoms with E-state index in [0.29, 0.717) is 13.2 Å². The van der Waals surface area contributed by atoms with Gasteiger partial charge in [0.05, 0.1) is 19.1 Å². The molecule has 0 rings (SSSR count). The molecular weight excluding hydrogens is 782 g/mol. The lowest BCUT2D eigenvalue weighted by molar-refractivity contribution is -0.228. The first-order chi connectivity index (χ1) is 29.9. The fourth-order valence-electron chi connectivity index (χ4n) is 8.30. The summed E-state index contributed by atoms with van der Waals surface area (Å²) in [6.45, 7) is 7.45. The van der Waals surface area contributed by atoms with Crippen molar-refractivity contribution in [2.45, 2.75) is 284 Å². The molecule has 0 aromatic carbocycles. The summed E-state index contributed by atoms with van der Waals surface area (Å²) < 4.78 is 34.7. The molecule has 0 spiro atoms. The Kier molecular flexibility index (Phi) is 48.5. The Bertz CT molecular complexity index is 896. The number of ether oxygens (including phenoxy) is 2. The van der Waals surface area contributed by atoms with Gasteiger partial charge < -0.3 is 28.7 Å². The molecule has 2 atom stereocenters. The van der Waals surface area contributed by atoms with Gasteiger partial charge in [0.2, 0.25) is 0 Å². The second kappa shape index (κ2) is 48.9. The van der Waals surface area contributed by atoms with Gasteiger partial charge in [0.25, 0.3) is 7.82 Å². The van der Waals surface area contributed by atoms with Crippen LogP contribution in [0.3, 0.4) is 0 Å². The number of phosphoric acid groups is 1. The summed E-state index contributed by atoms with van der Waals surface area (Å²) in [5.74, 6) is -0.305. The van der Waals surface area contributed by atoms with E-state index in [-0.39, 0.29) is 31.7 Å². The maximum Gasteiger partial charge on any atom is 0.309 e. The zero-order valence-electron chi connectivity index (χ0n) is 41.3. The molecule has 0 aliphatic carbocycles. The summed E-state index contributed by atoms with van der Waals surface area (Å²) in [4.78, 5) is 26.1. The van der Waals surface area contributed by atoms with Crippen LogP contribution in [0.4, 0.5) is 0 Å². The van der Waals surface area contributed by atoms with Crippen LogP contribution in [-0.4, -0.2) is 52.1 Å². The van der Waals surface area contributed by atoms with Crippen LogP contribution < -0.4 is 10.2 Å². The van der Waals surface area contributed by atoms with Gasteiger partial charge in [-0.2, -0.15) is 0 Å². The van der Waals surface area contributed by atoms with Crippen molar-refractivity contribution in [3.63, 3.8) is 0 Å². The molecule has 0 aromatic heterocycles. The van der Waals surface area contributed by atoms with Crippen molar-refractivity contribution in [2.75, 3.05) is 40.0 Å². The van der Waals surface area contributed by atoms with Gasteiger partial charge >= 0.3 is 5.97 Å². The highest BCUT2D eigenvalue weighted by Gasteiger charge is 2.23. The van der Waals surface area contributed by atoms with Crippen LogP contribution in [0.15, 0.2) is 0 Å². The van der Waals surface area contributed by atoms with Crippen molar-refractivity contribution < 1.29 is 32.8 Å². The van der Waals surface area contributed by atoms with E-state index in [1.165, 1.54) is 205 Å². The third-order valence-electron chi connectivity index (χ3n) is 12.4. The quantitative estimate of drug-likeness (QED) is 0.0366. The van der Waals surface area contributed by atoms with Gasteiger partial charge in [-0.3, -0.25) is 9.36 Å². The first-order valence-electron chi connectivity index (χ1n) is 26.9. The molecular formula is C52H105NO7P-. The number of phosphoric ester groups is 1. The first-order valence-corrected chi connectivity index (χ1v) is 28.4. The SMILES string of the molecule is CCCCCCCCCCCCCCCCO[C@@H](COC(=O)C(CCCCCCCCCCCCCC)CCCCCCCCCCCCCC)COP(=O)([O-])OCCNC. The highest BCUT2D eigenvalue weighted by molar-refractivity contribution is 7.45. The van der Waals surface area contributed by atoms with Crippen molar-refractivity contribution >= 4 is 13.8 Å². The average Bonchev–Trinajstić information content (AvgIpc) is 3.25. The summed E-state index contributed by atoms with van der Waals surface area (Å²) in [7, 11) is -2.77. The topological polar surface area (TPSA) is 106 Å². The number of nitrogens with one attached hydrogen (secondary N) is 1. The Morgan fingerprint density at radius 1 is 0.459 bits per heavy atom. The third kappa shape index (κ3) is 45.9. The molecule has 61 heavy (non-hydrogen) atoms. The zero-order chi connectivity index (χ0) is 44.6. The monoisotopic (exact) mass is 887 g/mol. The summed E-state index contributed by atoms with van der Waals surface area (Å²) in [6, 6.07) is 0. The van der Waals surface area contributed by atoms with Gasteiger partial charge in [-0.1, -0.05) is 258 Å². The molecule has 0 saturated heterocycles. The predicted octanol–water partition coefficient (Wildman–Crippen LogP) is 15.9. The summed E-state index contributed by atoms with van der Waals surface area (Å²) in [5, 5.41) is 2.87. The van der Waals surface area contributed by atoms with Crippen LogP contribution >= 0.6 is 7.82 Å². The molecule has 0 radical (unpaired) electrons. The molecule has 0 bridgehead atoms. The van der Waals surface area contributed by atoms with Gasteiger partial charge in [-0.15, -0.1) is 0 Å². The predicted molar refractivity (Wildman–Crippen MR) is 259 cm³/mol. The molecule has 9 heteroatoms. The lowest BCUT2D eigenvalue weighted by Gasteiger charge is -2.26. The minimum Gasteiger partial charge on any atom is -0.756 e. The number of carbonyl (C=O) groups excluding carboxylic acids is 1. The molecule has 0 aliphatic heterocycles. The fraction of sp³-hybridized carbons (Fsp3) is 0.981. The third-order valence-corrected chi connectivity index (χ3v) is 13.4. The van der Waals surface area contributed by atoms with E-state index in [1.807, 2.05) is 0 Å². The fourth-order valence-corrected chi connectivity index (χ4v) is 9.04. The minimum atomic E-state index is -4.50. The molecule has 1 N–H and O–H groups in total. The van der Waals surface area contributed by atoms with Gasteiger partial charge in [-0.05, 0) is 26.3 Å². The van der Waals surface area contributed by atoms with Crippen molar-refractivity contribution in [3.8, 4) is 0 Å². The average molecular weight is 887 g/mol. The standard InChI is InChI=1S/C52H106NO7P/c1-5-8-11-14-17-20-23-26-27-30-33-36-39-42-46-57-51(49-60-61(55,56)59-47-45-53-4)48-58-52(54)50(43-40-37-34-31-28-24-21-18-15-12-9-6-2)44-41-38-35-32-29-25-22-19-16-13-10-7-3/h50-51,53H,5-49H2,1-4H3,(H,55,56)/p-1/t51-/m0/s1. The van der Waals surface area contributed by atoms with E-state index in [9.17, 15) is 14.3 Å². The maximum atomic E-state index is 13.6. The number of esters is 1. The summed E-state index contributed by atoms with van der Waals surface area (Å²) >= 11 is 0. The zero-order valence-corrected chi connectivity index (χ0v) is 42.2. The minimum absolute atomic E-state index is 0.00321. The number of carbonyl (C=O) groups is 1. The van der Waals surface area contributed by atoms with E-state index in [2.05, 4.69) is 26.1 Å².